The van der Waals surface area contributed by atoms with Crippen LogP contribution in [0, 0.1) is 0 Å². The van der Waals surface area contributed by atoms with Crippen LogP contribution in [0.5, 0.6) is 0 Å². The lowest BCUT2D eigenvalue weighted by Gasteiger charge is -2.01. The van der Waals surface area contributed by atoms with Crippen LogP contribution in [0.3, 0.4) is 0 Å². The second-order valence-corrected chi connectivity index (χ2v) is 4.46. The molecule has 2 N–H and O–H groups in total. The third-order valence-corrected chi connectivity index (χ3v) is 2.97. The lowest BCUT2D eigenvalue weighted by Crippen LogP contribution is -2.15. The first-order chi connectivity index (χ1) is 9.22. The molecule has 0 aliphatic carbocycles. The summed E-state index contributed by atoms with van der Waals surface area (Å²) in [5.74, 6) is 0.0994. The van der Waals surface area contributed by atoms with E-state index in [1.54, 1.807) is 24.1 Å². The molecule has 1 unspecified atom stereocenters. The third-order valence-electron chi connectivity index (χ3n) is 2.97. The van der Waals surface area contributed by atoms with Crippen molar-refractivity contribution >= 4 is 11.6 Å². The summed E-state index contributed by atoms with van der Waals surface area (Å²) in [7, 11) is 1.77. The van der Waals surface area contributed by atoms with E-state index in [-0.39, 0.29) is 11.9 Å². The molecule has 19 heavy (non-hydrogen) atoms. The maximum atomic E-state index is 11.9. The van der Waals surface area contributed by atoms with Crippen molar-refractivity contribution in [2.24, 2.45) is 7.05 Å². The molecule has 1 fully saturated rings. The number of aromatic nitrogens is 4. The van der Waals surface area contributed by atoms with Gasteiger partial charge in [-0.3, -0.25) is 9.48 Å². The SMILES string of the molecule is Cn1cc(NC(=O)c2noc(C3CCCN3)n2)cn1. The van der Waals surface area contributed by atoms with Gasteiger partial charge in [0.25, 0.3) is 11.7 Å². The van der Waals surface area contributed by atoms with E-state index in [2.05, 4.69) is 25.9 Å². The molecule has 1 saturated heterocycles. The summed E-state index contributed by atoms with van der Waals surface area (Å²) >= 11 is 0. The van der Waals surface area contributed by atoms with E-state index in [9.17, 15) is 4.79 Å². The number of carbonyl (C=O) groups excluding carboxylic acids is 1. The molecular weight excluding hydrogens is 248 g/mol. The van der Waals surface area contributed by atoms with Gasteiger partial charge in [-0.1, -0.05) is 5.16 Å². The highest BCUT2D eigenvalue weighted by Crippen LogP contribution is 2.21. The minimum atomic E-state index is -0.402. The Morgan fingerprint density at radius 3 is 3.21 bits per heavy atom. The van der Waals surface area contributed by atoms with Crippen LogP contribution in [0.15, 0.2) is 16.9 Å². The molecule has 1 atom stereocenters. The second kappa shape index (κ2) is 4.81. The lowest BCUT2D eigenvalue weighted by molar-refractivity contribution is 0.101. The van der Waals surface area contributed by atoms with Crippen molar-refractivity contribution in [1.29, 1.82) is 0 Å². The first kappa shape index (κ1) is 11.8. The molecule has 100 valence electrons. The summed E-state index contributed by atoms with van der Waals surface area (Å²) in [4.78, 5) is 16.0. The van der Waals surface area contributed by atoms with Crippen LogP contribution in [-0.2, 0) is 7.05 Å². The summed E-state index contributed by atoms with van der Waals surface area (Å²) in [5, 5.41) is 13.5. The predicted molar refractivity (Wildman–Crippen MR) is 65.4 cm³/mol. The molecule has 1 aliphatic heterocycles. The topological polar surface area (TPSA) is 97.9 Å². The van der Waals surface area contributed by atoms with Crippen LogP contribution in [0.1, 0.15) is 35.4 Å². The maximum Gasteiger partial charge on any atom is 0.297 e. The Hall–Kier alpha value is -2.22. The van der Waals surface area contributed by atoms with Crippen molar-refractivity contribution in [2.45, 2.75) is 18.9 Å². The summed E-state index contributed by atoms with van der Waals surface area (Å²) in [6.45, 7) is 0.935. The highest BCUT2D eigenvalue weighted by atomic mass is 16.5. The molecule has 3 rings (SSSR count). The van der Waals surface area contributed by atoms with Gasteiger partial charge in [0.15, 0.2) is 0 Å². The number of carbonyl (C=O) groups is 1. The molecule has 1 aliphatic rings. The Kier molecular flexibility index (Phi) is 3.00. The minimum Gasteiger partial charge on any atom is -0.337 e. The molecule has 0 aromatic carbocycles. The van der Waals surface area contributed by atoms with E-state index >= 15 is 0 Å². The van der Waals surface area contributed by atoms with Crippen LogP contribution in [0.2, 0.25) is 0 Å². The van der Waals surface area contributed by atoms with E-state index in [0.717, 1.165) is 19.4 Å². The lowest BCUT2D eigenvalue weighted by atomic mass is 10.2. The van der Waals surface area contributed by atoms with Crippen molar-refractivity contribution < 1.29 is 9.32 Å². The Morgan fingerprint density at radius 2 is 2.53 bits per heavy atom. The van der Waals surface area contributed by atoms with Gasteiger partial charge < -0.3 is 15.2 Å². The normalized spacial score (nSPS) is 18.7. The van der Waals surface area contributed by atoms with Gasteiger partial charge in [-0.2, -0.15) is 10.1 Å². The number of amides is 1. The molecule has 2 aromatic rings. The minimum absolute atomic E-state index is 0.0348. The Labute approximate surface area is 109 Å². The van der Waals surface area contributed by atoms with Crippen LogP contribution in [0.25, 0.3) is 0 Å². The maximum absolute atomic E-state index is 11.9. The monoisotopic (exact) mass is 262 g/mol. The third kappa shape index (κ3) is 2.48. The van der Waals surface area contributed by atoms with Gasteiger partial charge >= 0.3 is 0 Å². The largest absolute Gasteiger partial charge is 0.337 e. The van der Waals surface area contributed by atoms with E-state index in [1.807, 2.05) is 0 Å². The fraction of sp³-hybridized carbons (Fsp3) is 0.455. The van der Waals surface area contributed by atoms with Crippen LogP contribution in [0.4, 0.5) is 5.69 Å². The Morgan fingerprint density at radius 1 is 1.63 bits per heavy atom. The summed E-state index contributed by atoms with van der Waals surface area (Å²) in [5.41, 5.74) is 0.595. The van der Waals surface area contributed by atoms with Crippen LogP contribution >= 0.6 is 0 Å². The second-order valence-electron chi connectivity index (χ2n) is 4.46. The number of nitrogens with zero attached hydrogens (tertiary/aromatic N) is 4. The van der Waals surface area contributed by atoms with Crippen molar-refractivity contribution in [3.05, 3.63) is 24.1 Å². The Balaban J connectivity index is 1.69. The van der Waals surface area contributed by atoms with E-state index in [0.29, 0.717) is 11.6 Å². The van der Waals surface area contributed by atoms with E-state index < -0.39 is 5.91 Å². The average Bonchev–Trinajstić information content (AvgIpc) is 3.08. The number of anilines is 1. The first-order valence-corrected chi connectivity index (χ1v) is 6.09. The van der Waals surface area contributed by atoms with Gasteiger partial charge in [0, 0.05) is 13.2 Å². The fourth-order valence-electron chi connectivity index (χ4n) is 2.04. The van der Waals surface area contributed by atoms with Gasteiger partial charge in [0.1, 0.15) is 0 Å². The highest BCUT2D eigenvalue weighted by Gasteiger charge is 2.24. The molecule has 0 spiro atoms. The zero-order valence-corrected chi connectivity index (χ0v) is 10.5. The molecule has 0 bridgehead atoms. The number of rotatable bonds is 3. The molecule has 8 nitrogen and oxygen atoms in total. The molecule has 3 heterocycles. The van der Waals surface area contributed by atoms with Gasteiger partial charge in [-0.05, 0) is 19.4 Å². The summed E-state index contributed by atoms with van der Waals surface area (Å²) in [6.07, 6.45) is 5.27. The number of hydrogen-bond donors (Lipinski definition) is 2. The summed E-state index contributed by atoms with van der Waals surface area (Å²) < 4.78 is 6.70. The van der Waals surface area contributed by atoms with Crippen molar-refractivity contribution in [3.63, 3.8) is 0 Å². The number of hydrogen-bond acceptors (Lipinski definition) is 6. The van der Waals surface area contributed by atoms with Gasteiger partial charge in [0.2, 0.25) is 5.89 Å². The number of nitrogens with one attached hydrogen (secondary N) is 2. The van der Waals surface area contributed by atoms with Gasteiger partial charge in [0.05, 0.1) is 17.9 Å². The average molecular weight is 262 g/mol. The quantitative estimate of drug-likeness (QED) is 0.835. The van der Waals surface area contributed by atoms with Crippen LogP contribution < -0.4 is 10.6 Å². The van der Waals surface area contributed by atoms with Crippen molar-refractivity contribution in [2.75, 3.05) is 11.9 Å². The molecule has 8 heteroatoms. The van der Waals surface area contributed by atoms with E-state index in [1.165, 1.54) is 0 Å². The highest BCUT2D eigenvalue weighted by molar-refractivity contribution is 6.01. The fourth-order valence-corrected chi connectivity index (χ4v) is 2.04. The molecule has 0 saturated carbocycles. The van der Waals surface area contributed by atoms with Crippen molar-refractivity contribution in [1.82, 2.24) is 25.2 Å². The molecule has 1 amide bonds. The van der Waals surface area contributed by atoms with Crippen molar-refractivity contribution in [3.8, 4) is 0 Å². The predicted octanol–water partition coefficient (Wildman–Crippen LogP) is 0.480. The first-order valence-electron chi connectivity index (χ1n) is 6.09. The Bertz CT molecular complexity index is 584. The number of aryl methyl sites for hydroxylation is 1. The molecule has 0 radical (unpaired) electrons. The van der Waals surface area contributed by atoms with Gasteiger partial charge in [-0.25, -0.2) is 0 Å². The molecule has 2 aromatic heterocycles. The van der Waals surface area contributed by atoms with Gasteiger partial charge in [-0.15, -0.1) is 0 Å². The van der Waals surface area contributed by atoms with Crippen LogP contribution in [-0.4, -0.2) is 32.4 Å². The summed E-state index contributed by atoms with van der Waals surface area (Å²) in [6, 6.07) is 0.0624. The van der Waals surface area contributed by atoms with E-state index in [4.69, 9.17) is 4.52 Å². The standard InChI is InChI=1S/C11H14N6O2/c1-17-6-7(5-13-17)14-10(18)9-15-11(19-16-9)8-3-2-4-12-8/h5-6,8,12H,2-4H2,1H3,(H,14,18). The zero-order chi connectivity index (χ0) is 13.2. The smallest absolute Gasteiger partial charge is 0.297 e. The zero-order valence-electron chi connectivity index (χ0n) is 10.5. The molecular formula is C11H14N6O2.